The Morgan fingerprint density at radius 2 is 1.92 bits per heavy atom. The SMILES string of the molecule is C=C(COOI)c1ccc(I)cc1. The van der Waals surface area contributed by atoms with E-state index in [1.807, 2.05) is 24.3 Å². The van der Waals surface area contributed by atoms with E-state index < -0.39 is 0 Å². The van der Waals surface area contributed by atoms with E-state index in [4.69, 9.17) is 4.89 Å². The molecule has 0 aliphatic heterocycles. The molecule has 70 valence electrons. The van der Waals surface area contributed by atoms with Crippen molar-refractivity contribution in [2.75, 3.05) is 6.61 Å². The molecule has 0 aliphatic rings. The van der Waals surface area contributed by atoms with Crippen LogP contribution < -0.4 is 0 Å². The first kappa shape index (κ1) is 11.4. The quantitative estimate of drug-likeness (QED) is 0.436. The minimum absolute atomic E-state index is 0.392. The third kappa shape index (κ3) is 3.92. The van der Waals surface area contributed by atoms with Gasteiger partial charge in [-0.1, -0.05) is 18.7 Å². The van der Waals surface area contributed by atoms with Crippen LogP contribution in [-0.2, 0) is 8.10 Å². The molecule has 13 heavy (non-hydrogen) atoms. The highest BCUT2D eigenvalue weighted by atomic mass is 127. The van der Waals surface area contributed by atoms with Crippen LogP contribution in [0.4, 0.5) is 0 Å². The summed E-state index contributed by atoms with van der Waals surface area (Å²) in [6.07, 6.45) is 0. The Kier molecular flexibility index (Phi) is 5.22. The van der Waals surface area contributed by atoms with Crippen LogP contribution in [0.1, 0.15) is 5.56 Å². The van der Waals surface area contributed by atoms with Gasteiger partial charge in [0, 0.05) is 3.57 Å². The van der Waals surface area contributed by atoms with E-state index in [-0.39, 0.29) is 0 Å². The van der Waals surface area contributed by atoms with Crippen molar-refractivity contribution in [1.29, 1.82) is 0 Å². The zero-order valence-corrected chi connectivity index (χ0v) is 11.1. The predicted octanol–water partition coefficient (Wildman–Crippen LogP) is 3.60. The summed E-state index contributed by atoms with van der Waals surface area (Å²) in [4.78, 5) is 4.77. The monoisotopic (exact) mass is 402 g/mol. The molecule has 0 spiro atoms. The van der Waals surface area contributed by atoms with Gasteiger partial charge in [-0.2, -0.15) is 3.22 Å². The summed E-state index contributed by atoms with van der Waals surface area (Å²) in [5.41, 5.74) is 1.99. The maximum Gasteiger partial charge on any atom is 0.155 e. The third-order valence-electron chi connectivity index (χ3n) is 1.53. The Balaban J connectivity index is 2.61. The molecule has 0 aliphatic carbocycles. The molecule has 1 rings (SSSR count). The highest BCUT2D eigenvalue weighted by Gasteiger charge is 1.98. The van der Waals surface area contributed by atoms with E-state index in [1.165, 1.54) is 3.57 Å². The Bertz CT molecular complexity index is 282. The lowest BCUT2D eigenvalue weighted by atomic mass is 10.1. The lowest BCUT2D eigenvalue weighted by Gasteiger charge is -2.03. The normalized spacial score (nSPS) is 10.0. The minimum Gasteiger partial charge on any atom is -0.222 e. The van der Waals surface area contributed by atoms with Gasteiger partial charge in [-0.25, -0.2) is 4.89 Å². The Labute approximate surface area is 105 Å². The zero-order chi connectivity index (χ0) is 9.68. The van der Waals surface area contributed by atoms with Crippen molar-refractivity contribution in [3.8, 4) is 0 Å². The smallest absolute Gasteiger partial charge is 0.155 e. The van der Waals surface area contributed by atoms with Crippen LogP contribution >= 0.6 is 45.6 Å². The highest BCUT2D eigenvalue weighted by molar-refractivity contribution is 14.1. The number of hydrogen-bond donors (Lipinski definition) is 0. The number of hydrogen-bond acceptors (Lipinski definition) is 2. The zero-order valence-electron chi connectivity index (χ0n) is 6.80. The van der Waals surface area contributed by atoms with Crippen LogP contribution in [0.3, 0.4) is 0 Å². The summed E-state index contributed by atoms with van der Waals surface area (Å²) in [7, 11) is 0. The third-order valence-corrected chi connectivity index (χ3v) is 2.50. The van der Waals surface area contributed by atoms with Crippen molar-refractivity contribution in [3.63, 3.8) is 0 Å². The van der Waals surface area contributed by atoms with Gasteiger partial charge in [0.2, 0.25) is 0 Å². The second-order valence-corrected chi connectivity index (χ2v) is 4.04. The van der Waals surface area contributed by atoms with Crippen LogP contribution in [-0.4, -0.2) is 6.61 Å². The molecule has 0 radical (unpaired) electrons. The fourth-order valence-electron chi connectivity index (χ4n) is 0.862. The second kappa shape index (κ2) is 5.94. The van der Waals surface area contributed by atoms with Gasteiger partial charge in [0.05, 0.1) is 0 Å². The van der Waals surface area contributed by atoms with E-state index in [1.54, 1.807) is 23.0 Å². The van der Waals surface area contributed by atoms with Crippen LogP contribution in [0.25, 0.3) is 5.57 Å². The molecule has 0 N–H and O–H groups in total. The van der Waals surface area contributed by atoms with E-state index >= 15 is 0 Å². The van der Waals surface area contributed by atoms with Crippen molar-refractivity contribution in [3.05, 3.63) is 40.0 Å². The van der Waals surface area contributed by atoms with Gasteiger partial charge in [0.15, 0.2) is 23.0 Å². The lowest BCUT2D eigenvalue weighted by Crippen LogP contribution is -1.93. The fraction of sp³-hybridized carbons (Fsp3) is 0.111. The molecule has 0 aromatic heterocycles. The van der Waals surface area contributed by atoms with Gasteiger partial charge in [0.25, 0.3) is 0 Å². The van der Waals surface area contributed by atoms with Crippen LogP contribution in [0.2, 0.25) is 0 Å². The molecule has 2 nitrogen and oxygen atoms in total. The fourth-order valence-corrected chi connectivity index (χ4v) is 1.35. The number of rotatable bonds is 4. The first-order chi connectivity index (χ1) is 6.24. The molecule has 0 saturated heterocycles. The van der Waals surface area contributed by atoms with Crippen molar-refractivity contribution >= 4 is 51.2 Å². The van der Waals surface area contributed by atoms with Crippen molar-refractivity contribution in [2.45, 2.75) is 0 Å². The topological polar surface area (TPSA) is 18.5 Å². The van der Waals surface area contributed by atoms with E-state index in [0.29, 0.717) is 6.61 Å². The largest absolute Gasteiger partial charge is 0.222 e. The molecule has 4 heteroatoms. The minimum atomic E-state index is 0.392. The Hall–Kier alpha value is 0.340. The molecule has 1 aromatic rings. The molecule has 0 fully saturated rings. The molecule has 0 atom stereocenters. The first-order valence-corrected chi connectivity index (χ1v) is 5.54. The molecule has 0 heterocycles. The van der Waals surface area contributed by atoms with Crippen molar-refractivity contribution in [2.24, 2.45) is 0 Å². The average Bonchev–Trinajstić information content (AvgIpc) is 2.15. The number of benzene rings is 1. The summed E-state index contributed by atoms with van der Waals surface area (Å²) >= 11 is 3.94. The van der Waals surface area contributed by atoms with Crippen LogP contribution in [0.15, 0.2) is 30.8 Å². The van der Waals surface area contributed by atoms with Crippen molar-refractivity contribution in [1.82, 2.24) is 0 Å². The van der Waals surface area contributed by atoms with Gasteiger partial charge >= 0.3 is 0 Å². The molecule has 0 saturated carbocycles. The molecule has 0 unspecified atom stereocenters. The van der Waals surface area contributed by atoms with Gasteiger partial charge in [-0.05, 0) is 45.9 Å². The average molecular weight is 402 g/mol. The van der Waals surface area contributed by atoms with Crippen molar-refractivity contribution < 1.29 is 8.10 Å². The Morgan fingerprint density at radius 1 is 1.31 bits per heavy atom. The molecule has 0 bridgehead atoms. The highest BCUT2D eigenvalue weighted by Crippen LogP contribution is 2.15. The molecule has 0 amide bonds. The number of halogens is 2. The van der Waals surface area contributed by atoms with E-state index in [2.05, 4.69) is 32.4 Å². The van der Waals surface area contributed by atoms with Gasteiger partial charge < -0.3 is 0 Å². The van der Waals surface area contributed by atoms with E-state index in [0.717, 1.165) is 11.1 Å². The summed E-state index contributed by atoms with van der Waals surface area (Å²) < 4.78 is 5.67. The van der Waals surface area contributed by atoms with Gasteiger partial charge in [-0.15, -0.1) is 0 Å². The van der Waals surface area contributed by atoms with Gasteiger partial charge in [-0.3, -0.25) is 0 Å². The predicted molar refractivity (Wildman–Crippen MR) is 69.3 cm³/mol. The summed E-state index contributed by atoms with van der Waals surface area (Å²) in [6.45, 7) is 4.27. The summed E-state index contributed by atoms with van der Waals surface area (Å²) in [6, 6.07) is 8.10. The maximum atomic E-state index is 4.77. The molecule has 1 aromatic carbocycles. The Morgan fingerprint density at radius 3 is 2.46 bits per heavy atom. The summed E-state index contributed by atoms with van der Waals surface area (Å²) in [5, 5.41) is 0. The first-order valence-electron chi connectivity index (χ1n) is 3.58. The second-order valence-electron chi connectivity index (χ2n) is 2.44. The summed E-state index contributed by atoms with van der Waals surface area (Å²) in [5.74, 6) is 0. The standard InChI is InChI=1S/C9H8I2O2/c1-7(6-12-13-11)8-2-4-9(10)5-3-8/h2-5H,1,6H2. The molecular formula is C9H8I2O2. The van der Waals surface area contributed by atoms with E-state index in [9.17, 15) is 0 Å². The molecular weight excluding hydrogens is 394 g/mol. The van der Waals surface area contributed by atoms with Crippen LogP contribution in [0.5, 0.6) is 0 Å². The van der Waals surface area contributed by atoms with Gasteiger partial charge in [0.1, 0.15) is 6.61 Å². The lowest BCUT2D eigenvalue weighted by molar-refractivity contribution is -0.150. The maximum absolute atomic E-state index is 4.77. The van der Waals surface area contributed by atoms with Crippen LogP contribution in [0, 0.1) is 3.57 Å².